The molecule has 0 bridgehead atoms. The van der Waals surface area contributed by atoms with E-state index in [4.69, 9.17) is 37.4 Å². The number of hydrogen-bond donors (Lipinski definition) is 1. The topological polar surface area (TPSA) is 39.7 Å². The van der Waals surface area contributed by atoms with Gasteiger partial charge in [0.05, 0.1) is 32.0 Å². The van der Waals surface area contributed by atoms with Crippen molar-refractivity contribution in [3.05, 3.63) is 27.7 Å². The molecule has 0 aliphatic heterocycles. The summed E-state index contributed by atoms with van der Waals surface area (Å²) in [6, 6.07) is 3.55. The Bertz CT molecular complexity index is 402. The molecule has 0 spiro atoms. The first-order chi connectivity index (χ1) is 9.69. The normalized spacial score (nSPS) is 10.8. The number of nitrogens with one attached hydrogen (secondary N) is 1. The summed E-state index contributed by atoms with van der Waals surface area (Å²) in [4.78, 5) is 0. The molecule has 0 aromatic heterocycles. The van der Waals surface area contributed by atoms with Crippen molar-refractivity contribution in [2.45, 2.75) is 6.42 Å². The van der Waals surface area contributed by atoms with E-state index < -0.39 is 0 Å². The third-order valence-electron chi connectivity index (χ3n) is 2.74. The monoisotopic (exact) mass is 321 g/mol. The van der Waals surface area contributed by atoms with Gasteiger partial charge in [0.2, 0.25) is 0 Å². The van der Waals surface area contributed by atoms with Crippen molar-refractivity contribution in [1.82, 2.24) is 5.32 Å². The highest BCUT2D eigenvalue weighted by atomic mass is 35.5. The largest absolute Gasteiger partial charge is 0.495 e. The molecule has 1 N–H and O–H groups in total. The van der Waals surface area contributed by atoms with Crippen LogP contribution in [0, 0.1) is 0 Å². The Hall–Kier alpha value is -0.520. The summed E-state index contributed by atoms with van der Waals surface area (Å²) in [7, 11) is 3.25. The zero-order chi connectivity index (χ0) is 14.8. The minimum Gasteiger partial charge on any atom is -0.495 e. The molecule has 0 aliphatic carbocycles. The predicted molar refractivity (Wildman–Crippen MR) is 82.3 cm³/mol. The van der Waals surface area contributed by atoms with Crippen LogP contribution in [0.2, 0.25) is 10.0 Å². The van der Waals surface area contributed by atoms with Crippen LogP contribution in [-0.2, 0) is 15.9 Å². The van der Waals surface area contributed by atoms with E-state index in [0.29, 0.717) is 35.6 Å². The lowest BCUT2D eigenvalue weighted by Crippen LogP contribution is -2.23. The van der Waals surface area contributed by atoms with Crippen molar-refractivity contribution in [2.75, 3.05) is 47.1 Å². The molecule has 0 saturated heterocycles. The quantitative estimate of drug-likeness (QED) is 0.673. The zero-order valence-corrected chi connectivity index (χ0v) is 13.4. The van der Waals surface area contributed by atoms with E-state index >= 15 is 0 Å². The molecule has 0 heterocycles. The van der Waals surface area contributed by atoms with Gasteiger partial charge in [-0.05, 0) is 18.1 Å². The summed E-state index contributed by atoms with van der Waals surface area (Å²) in [6.45, 7) is 3.61. The van der Waals surface area contributed by atoms with Crippen LogP contribution in [0.25, 0.3) is 0 Å². The lowest BCUT2D eigenvalue weighted by Gasteiger charge is -2.10. The van der Waals surface area contributed by atoms with Gasteiger partial charge in [-0.15, -0.1) is 0 Å². The maximum atomic E-state index is 6.16. The van der Waals surface area contributed by atoms with Crippen LogP contribution in [0.1, 0.15) is 5.56 Å². The summed E-state index contributed by atoms with van der Waals surface area (Å²) >= 11 is 12.2. The first-order valence-electron chi connectivity index (χ1n) is 6.48. The Morgan fingerprint density at radius 1 is 1.00 bits per heavy atom. The fourth-order valence-corrected chi connectivity index (χ4v) is 2.16. The Kier molecular flexibility index (Phi) is 8.98. The van der Waals surface area contributed by atoms with Gasteiger partial charge < -0.3 is 19.5 Å². The number of methoxy groups -OCH3 is 2. The van der Waals surface area contributed by atoms with Crippen LogP contribution in [0.3, 0.4) is 0 Å². The molecule has 1 aromatic rings. The minimum absolute atomic E-state index is 0.563. The minimum atomic E-state index is 0.563. The Morgan fingerprint density at radius 2 is 1.75 bits per heavy atom. The molecule has 1 rings (SSSR count). The molecular weight excluding hydrogens is 301 g/mol. The van der Waals surface area contributed by atoms with E-state index in [-0.39, 0.29) is 0 Å². The second kappa shape index (κ2) is 10.2. The highest BCUT2D eigenvalue weighted by molar-refractivity contribution is 6.34. The van der Waals surface area contributed by atoms with E-state index in [1.165, 1.54) is 0 Å². The fraction of sp³-hybridized carbons (Fsp3) is 0.571. The van der Waals surface area contributed by atoms with Gasteiger partial charge in [0.1, 0.15) is 5.75 Å². The third kappa shape index (κ3) is 6.29. The van der Waals surface area contributed by atoms with E-state index in [1.54, 1.807) is 20.3 Å². The van der Waals surface area contributed by atoms with Crippen LogP contribution in [0.5, 0.6) is 5.75 Å². The van der Waals surface area contributed by atoms with Gasteiger partial charge in [0.15, 0.2) is 0 Å². The molecule has 0 fully saturated rings. The maximum absolute atomic E-state index is 6.16. The van der Waals surface area contributed by atoms with E-state index in [0.717, 1.165) is 25.1 Å². The summed E-state index contributed by atoms with van der Waals surface area (Å²) in [5.41, 5.74) is 0.963. The van der Waals surface area contributed by atoms with Crippen molar-refractivity contribution in [3.8, 4) is 5.75 Å². The Morgan fingerprint density at radius 3 is 2.45 bits per heavy atom. The number of rotatable bonds is 10. The Balaban J connectivity index is 2.23. The molecule has 1 aromatic carbocycles. The van der Waals surface area contributed by atoms with Crippen LogP contribution >= 0.6 is 23.2 Å². The van der Waals surface area contributed by atoms with Gasteiger partial charge in [0, 0.05) is 31.3 Å². The number of ether oxygens (including phenoxy) is 3. The molecule has 0 aliphatic rings. The van der Waals surface area contributed by atoms with Crippen LogP contribution in [0.4, 0.5) is 0 Å². The van der Waals surface area contributed by atoms with Crippen molar-refractivity contribution in [2.24, 2.45) is 0 Å². The second-order valence-electron chi connectivity index (χ2n) is 4.18. The average molecular weight is 322 g/mol. The van der Waals surface area contributed by atoms with E-state index in [2.05, 4.69) is 5.32 Å². The SMILES string of the molecule is COCCNCCOCCc1cc(Cl)c(OC)cc1Cl. The van der Waals surface area contributed by atoms with E-state index in [9.17, 15) is 0 Å². The summed E-state index contributed by atoms with van der Waals surface area (Å²) in [5.74, 6) is 0.587. The van der Waals surface area contributed by atoms with Gasteiger partial charge in [-0.25, -0.2) is 0 Å². The highest BCUT2D eigenvalue weighted by Gasteiger charge is 2.07. The molecule has 0 atom stereocenters. The predicted octanol–water partition coefficient (Wildman–Crippen LogP) is 2.80. The molecule has 4 nitrogen and oxygen atoms in total. The molecule has 0 unspecified atom stereocenters. The second-order valence-corrected chi connectivity index (χ2v) is 5.00. The van der Waals surface area contributed by atoms with Gasteiger partial charge in [0.25, 0.3) is 0 Å². The fourth-order valence-electron chi connectivity index (χ4n) is 1.65. The molecule has 6 heteroatoms. The van der Waals surface area contributed by atoms with Gasteiger partial charge >= 0.3 is 0 Å². The van der Waals surface area contributed by atoms with Crippen LogP contribution in [0.15, 0.2) is 12.1 Å². The van der Waals surface area contributed by atoms with Gasteiger partial charge in [-0.2, -0.15) is 0 Å². The summed E-state index contributed by atoms with van der Waals surface area (Å²) < 4.78 is 15.6. The van der Waals surface area contributed by atoms with Crippen LogP contribution < -0.4 is 10.1 Å². The van der Waals surface area contributed by atoms with Gasteiger partial charge in [-0.3, -0.25) is 0 Å². The highest BCUT2D eigenvalue weighted by Crippen LogP contribution is 2.31. The maximum Gasteiger partial charge on any atom is 0.138 e. The first-order valence-corrected chi connectivity index (χ1v) is 7.24. The van der Waals surface area contributed by atoms with E-state index in [1.807, 2.05) is 6.07 Å². The average Bonchev–Trinajstić information content (AvgIpc) is 2.44. The first kappa shape index (κ1) is 17.5. The summed E-state index contributed by atoms with van der Waals surface area (Å²) in [6.07, 6.45) is 0.723. The smallest absolute Gasteiger partial charge is 0.138 e. The van der Waals surface area contributed by atoms with Gasteiger partial charge in [-0.1, -0.05) is 23.2 Å². The molecule has 0 amide bonds. The van der Waals surface area contributed by atoms with Crippen molar-refractivity contribution >= 4 is 23.2 Å². The van der Waals surface area contributed by atoms with Crippen molar-refractivity contribution < 1.29 is 14.2 Å². The van der Waals surface area contributed by atoms with Crippen molar-refractivity contribution in [3.63, 3.8) is 0 Å². The number of benzene rings is 1. The lowest BCUT2D eigenvalue weighted by molar-refractivity contribution is 0.135. The Labute approximate surface area is 130 Å². The summed E-state index contributed by atoms with van der Waals surface area (Å²) in [5, 5.41) is 4.42. The molecule has 20 heavy (non-hydrogen) atoms. The molecule has 114 valence electrons. The zero-order valence-electron chi connectivity index (χ0n) is 11.9. The third-order valence-corrected chi connectivity index (χ3v) is 3.39. The molecule has 0 saturated carbocycles. The standard InChI is InChI=1S/C14H21Cl2NO3/c1-18-7-4-17-5-8-20-6-3-11-9-13(16)14(19-2)10-12(11)15/h9-10,17H,3-8H2,1-2H3. The van der Waals surface area contributed by atoms with Crippen LogP contribution in [-0.4, -0.2) is 47.1 Å². The number of halogens is 2. The molecular formula is C14H21Cl2NO3. The molecule has 0 radical (unpaired) electrons. The van der Waals surface area contributed by atoms with Crippen molar-refractivity contribution in [1.29, 1.82) is 0 Å². The lowest BCUT2D eigenvalue weighted by atomic mass is 10.1. The number of hydrogen-bond acceptors (Lipinski definition) is 4.